The Labute approximate surface area is 261 Å². The number of hydrogen-bond donors (Lipinski definition) is 0. The van der Waals surface area contributed by atoms with E-state index < -0.39 is 11.8 Å². The van der Waals surface area contributed by atoms with Gasteiger partial charge in [-0.25, -0.2) is 4.79 Å². The molecule has 0 spiro atoms. The van der Waals surface area contributed by atoms with E-state index in [-0.39, 0.29) is 36.6 Å². The Morgan fingerprint density at radius 2 is 1.67 bits per heavy atom. The third-order valence-corrected chi connectivity index (χ3v) is 13.6. The van der Waals surface area contributed by atoms with Gasteiger partial charge in [0, 0.05) is 13.0 Å². The molecule has 0 radical (unpaired) electrons. The van der Waals surface area contributed by atoms with Crippen LogP contribution in [0.5, 0.6) is 0 Å². The van der Waals surface area contributed by atoms with Crippen LogP contribution in [0.25, 0.3) is 0 Å². The second kappa shape index (κ2) is 13.6. The largest absolute Gasteiger partial charge is 0.460 e. The summed E-state index contributed by atoms with van der Waals surface area (Å²) in [5, 5.41) is 0. The molecule has 4 saturated carbocycles. The van der Waals surface area contributed by atoms with Gasteiger partial charge < -0.3 is 14.2 Å². The van der Waals surface area contributed by atoms with Crippen LogP contribution in [0, 0.1) is 58.2 Å². The van der Waals surface area contributed by atoms with Gasteiger partial charge in [-0.1, -0.05) is 47.5 Å². The van der Waals surface area contributed by atoms with Gasteiger partial charge >= 0.3 is 5.97 Å². The van der Waals surface area contributed by atoms with Crippen LogP contribution in [0.2, 0.25) is 0 Å². The van der Waals surface area contributed by atoms with E-state index in [4.69, 9.17) is 14.2 Å². The lowest BCUT2D eigenvalue weighted by atomic mass is 9.41. The van der Waals surface area contributed by atoms with Crippen LogP contribution in [-0.4, -0.2) is 43.1 Å². The van der Waals surface area contributed by atoms with Crippen molar-refractivity contribution in [1.82, 2.24) is 0 Å². The summed E-state index contributed by atoms with van der Waals surface area (Å²) in [4.78, 5) is 36.5. The summed E-state index contributed by atoms with van der Waals surface area (Å²) in [5.41, 5.74) is 0.636. The molecule has 5 fully saturated rings. The second-order valence-corrected chi connectivity index (χ2v) is 15.9. The van der Waals surface area contributed by atoms with Crippen molar-refractivity contribution < 1.29 is 28.6 Å². The first-order chi connectivity index (χ1) is 20.5. The maximum atomic E-state index is 12.7. The standard InChI is InChI=1S/C37H60O6/c1-7-26-30-21-23(3)16-18-37(30,6)29-17-19-36(5)27(24(4)12-13-25(38)22-31(39)35(40)41-8-2)14-15-28(36)33(29)34(26)43-32-11-9-10-20-42-32/h23-24,26-30,32-34H,7-22H2,1-6H3/t23-,24-,26-,27-,28+,29+,30+,32?,33+,34-,36-,37-/m1/s1. The molecule has 6 heteroatoms. The molecule has 5 aliphatic rings. The zero-order chi connectivity index (χ0) is 30.9. The summed E-state index contributed by atoms with van der Waals surface area (Å²) in [6, 6.07) is 0. The van der Waals surface area contributed by atoms with Crippen molar-refractivity contribution in [3.63, 3.8) is 0 Å². The van der Waals surface area contributed by atoms with Crippen LogP contribution in [0.15, 0.2) is 0 Å². The van der Waals surface area contributed by atoms with Crippen LogP contribution in [-0.2, 0) is 28.6 Å². The molecule has 244 valence electrons. The zero-order valence-electron chi connectivity index (χ0n) is 28.0. The van der Waals surface area contributed by atoms with Crippen molar-refractivity contribution in [2.24, 2.45) is 58.2 Å². The fourth-order valence-corrected chi connectivity index (χ4v) is 11.4. The molecule has 6 nitrogen and oxygen atoms in total. The van der Waals surface area contributed by atoms with Gasteiger partial charge in [-0.2, -0.15) is 0 Å². The highest BCUT2D eigenvalue weighted by Gasteiger charge is 2.65. The minimum atomic E-state index is -0.886. The fourth-order valence-electron chi connectivity index (χ4n) is 11.4. The predicted molar refractivity (Wildman–Crippen MR) is 167 cm³/mol. The topological polar surface area (TPSA) is 78.9 Å². The SMILES string of the molecule is CCOC(=O)C(=O)CC(=O)CC[C@@H](C)[C@H]1CC[C@H]2[C@@H]3[C@H](OC4CCCCO4)[C@H](CC)[C@@H]4C[C@H](C)CC[C@]4(C)[C@H]3CC[C@]12C. The third-order valence-electron chi connectivity index (χ3n) is 13.6. The summed E-state index contributed by atoms with van der Waals surface area (Å²) >= 11 is 0. The van der Waals surface area contributed by atoms with Crippen LogP contribution in [0.4, 0.5) is 0 Å². The highest BCUT2D eigenvalue weighted by Crippen LogP contribution is 2.70. The smallest absolute Gasteiger partial charge is 0.375 e. The summed E-state index contributed by atoms with van der Waals surface area (Å²) in [6.45, 7) is 15.1. The maximum absolute atomic E-state index is 12.7. The molecule has 5 rings (SSSR count). The van der Waals surface area contributed by atoms with Crippen molar-refractivity contribution in [1.29, 1.82) is 0 Å². The number of carbonyl (C=O) groups excluding carboxylic acids is 3. The number of ketones is 2. The summed E-state index contributed by atoms with van der Waals surface area (Å²) < 4.78 is 18.2. The van der Waals surface area contributed by atoms with Crippen molar-refractivity contribution in [3.8, 4) is 0 Å². The van der Waals surface area contributed by atoms with E-state index in [9.17, 15) is 14.4 Å². The van der Waals surface area contributed by atoms with E-state index in [0.717, 1.165) is 37.7 Å². The first kappa shape index (κ1) is 33.1. The molecule has 43 heavy (non-hydrogen) atoms. The molecule has 1 aliphatic heterocycles. The Hall–Kier alpha value is -1.27. The van der Waals surface area contributed by atoms with Crippen molar-refractivity contribution in [2.45, 2.75) is 144 Å². The highest BCUT2D eigenvalue weighted by atomic mass is 16.7. The lowest BCUT2D eigenvalue weighted by Gasteiger charge is -2.66. The lowest BCUT2D eigenvalue weighted by molar-refractivity contribution is -0.270. The van der Waals surface area contributed by atoms with E-state index in [2.05, 4.69) is 34.6 Å². The summed E-state index contributed by atoms with van der Waals surface area (Å²) in [7, 11) is 0. The molecule has 0 bridgehead atoms. The number of hydrogen-bond acceptors (Lipinski definition) is 6. The average Bonchev–Trinajstić information content (AvgIpc) is 3.34. The maximum Gasteiger partial charge on any atom is 0.375 e. The van der Waals surface area contributed by atoms with Gasteiger partial charge in [-0.05, 0) is 129 Å². The fraction of sp³-hybridized carbons (Fsp3) is 0.919. The first-order valence-electron chi connectivity index (χ1n) is 18.0. The van der Waals surface area contributed by atoms with Crippen LogP contribution < -0.4 is 0 Å². The lowest BCUT2D eigenvalue weighted by Crippen LogP contribution is -2.62. The minimum Gasteiger partial charge on any atom is -0.460 e. The monoisotopic (exact) mass is 600 g/mol. The highest BCUT2D eigenvalue weighted by molar-refractivity contribution is 6.37. The molecular formula is C37H60O6. The van der Waals surface area contributed by atoms with Gasteiger partial charge in [0.2, 0.25) is 5.78 Å². The molecule has 0 N–H and O–H groups in total. The van der Waals surface area contributed by atoms with Gasteiger partial charge in [0.05, 0.1) is 19.1 Å². The predicted octanol–water partition coefficient (Wildman–Crippen LogP) is 7.95. The van der Waals surface area contributed by atoms with E-state index in [1.807, 2.05) is 0 Å². The van der Waals surface area contributed by atoms with Crippen molar-refractivity contribution >= 4 is 17.5 Å². The zero-order valence-corrected chi connectivity index (χ0v) is 28.0. The van der Waals surface area contributed by atoms with Crippen LogP contribution in [0.1, 0.15) is 131 Å². The van der Waals surface area contributed by atoms with Gasteiger partial charge in [-0.15, -0.1) is 0 Å². The Kier molecular flexibility index (Phi) is 10.5. The average molecular weight is 601 g/mol. The molecule has 1 unspecified atom stereocenters. The van der Waals surface area contributed by atoms with E-state index in [1.54, 1.807) is 6.92 Å². The Bertz CT molecular complexity index is 1000. The van der Waals surface area contributed by atoms with Crippen molar-refractivity contribution in [3.05, 3.63) is 0 Å². The Balaban J connectivity index is 1.34. The molecule has 4 aliphatic carbocycles. The quantitative estimate of drug-likeness (QED) is 0.104. The second-order valence-electron chi connectivity index (χ2n) is 15.9. The van der Waals surface area contributed by atoms with Gasteiger partial charge in [-0.3, -0.25) is 9.59 Å². The Morgan fingerprint density at radius 3 is 2.37 bits per heavy atom. The van der Waals surface area contributed by atoms with Crippen LogP contribution in [0.3, 0.4) is 0 Å². The third kappa shape index (κ3) is 6.40. The molecule has 0 amide bonds. The number of Topliss-reactive ketones (excluding diaryl/α,β-unsaturated/α-hetero) is 2. The van der Waals surface area contributed by atoms with Crippen LogP contribution >= 0.6 is 0 Å². The molecule has 12 atom stereocenters. The molecule has 1 heterocycles. The first-order valence-corrected chi connectivity index (χ1v) is 18.0. The van der Waals surface area contributed by atoms with Gasteiger partial charge in [0.1, 0.15) is 5.78 Å². The number of fused-ring (bicyclic) bond motifs is 5. The number of ether oxygens (including phenoxy) is 3. The van der Waals surface area contributed by atoms with Crippen molar-refractivity contribution in [2.75, 3.05) is 13.2 Å². The molecule has 1 saturated heterocycles. The van der Waals surface area contributed by atoms with E-state index in [1.165, 1.54) is 57.8 Å². The number of esters is 1. The Morgan fingerprint density at radius 1 is 0.930 bits per heavy atom. The molecule has 0 aromatic rings. The van der Waals surface area contributed by atoms with E-state index >= 15 is 0 Å². The number of rotatable bonds is 11. The number of carbonyl (C=O) groups is 3. The summed E-state index contributed by atoms with van der Waals surface area (Å²) in [6.07, 6.45) is 14.7. The van der Waals surface area contributed by atoms with Gasteiger partial charge in [0.15, 0.2) is 6.29 Å². The molecule has 0 aromatic heterocycles. The normalized spacial score (nSPS) is 43.2. The minimum absolute atomic E-state index is 0.0496. The van der Waals surface area contributed by atoms with E-state index in [0.29, 0.717) is 47.3 Å². The summed E-state index contributed by atoms with van der Waals surface area (Å²) in [5.74, 6) is 3.28. The van der Waals surface area contributed by atoms with Gasteiger partial charge in [0.25, 0.3) is 0 Å². The molecule has 0 aromatic carbocycles. The molecular weight excluding hydrogens is 540 g/mol.